The lowest BCUT2D eigenvalue weighted by atomic mass is 10.2. The molecule has 3 N–H and O–H groups in total. The van der Waals surface area contributed by atoms with E-state index >= 15 is 0 Å². The summed E-state index contributed by atoms with van der Waals surface area (Å²) in [4.78, 5) is 42.1. The summed E-state index contributed by atoms with van der Waals surface area (Å²) in [6.45, 7) is 3.38. The monoisotopic (exact) mass is 484 g/mol. The molecule has 0 radical (unpaired) electrons. The Kier molecular flexibility index (Phi) is 6.58. The lowest BCUT2D eigenvalue weighted by molar-refractivity contribution is 0.0931. The molecule has 35 heavy (non-hydrogen) atoms. The van der Waals surface area contributed by atoms with Crippen molar-refractivity contribution < 1.29 is 22.7 Å². The number of carbonyl (C=O) groups excluding carboxylic acids is 1. The van der Waals surface area contributed by atoms with Crippen LogP contribution in [0.2, 0.25) is 0 Å². The summed E-state index contributed by atoms with van der Waals surface area (Å²) in [5.41, 5.74) is -0.0925. The van der Waals surface area contributed by atoms with Gasteiger partial charge in [-0.25, -0.2) is 18.0 Å². The maximum Gasteiger partial charge on any atom is 0.323 e. The second-order valence-corrected chi connectivity index (χ2v) is 7.64. The van der Waals surface area contributed by atoms with Gasteiger partial charge in [0, 0.05) is 12.3 Å². The van der Waals surface area contributed by atoms with Gasteiger partial charge in [-0.15, -0.1) is 6.58 Å². The second kappa shape index (κ2) is 9.75. The maximum atomic E-state index is 13.5. The summed E-state index contributed by atoms with van der Waals surface area (Å²) in [5, 5.41) is 2.62. The summed E-state index contributed by atoms with van der Waals surface area (Å²) in [7, 11) is 0. The summed E-state index contributed by atoms with van der Waals surface area (Å²) < 4.78 is 46.9. The number of aromatic amines is 2. The molecule has 2 aromatic carbocycles. The molecule has 0 spiro atoms. The number of nitrogens with one attached hydrogen (secondary N) is 3. The highest BCUT2D eigenvalue weighted by Gasteiger charge is 2.17. The number of pyridine rings is 1. The average molecular weight is 484 g/mol. The molecular weight excluding hydrogens is 465 g/mol. The van der Waals surface area contributed by atoms with Crippen molar-refractivity contribution in [2.24, 2.45) is 0 Å². The number of hydrogen-bond donors (Lipinski definition) is 3. The second-order valence-electron chi connectivity index (χ2n) is 7.64. The zero-order chi connectivity index (χ0) is 25.1. The van der Waals surface area contributed by atoms with Crippen molar-refractivity contribution in [2.75, 3.05) is 6.61 Å². The molecule has 0 bridgehead atoms. The Morgan fingerprint density at radius 1 is 1.09 bits per heavy atom. The number of nitrogens with zero attached hydrogens (tertiary/aromatic N) is 1. The van der Waals surface area contributed by atoms with Gasteiger partial charge in [-0.05, 0) is 42.0 Å². The number of aromatic nitrogens is 3. The van der Waals surface area contributed by atoms with Crippen molar-refractivity contribution in [1.82, 2.24) is 19.9 Å². The molecule has 0 saturated heterocycles. The summed E-state index contributed by atoms with van der Waals surface area (Å²) in [5.74, 6) is -4.63. The van der Waals surface area contributed by atoms with Crippen LogP contribution in [0.15, 0.2) is 70.9 Å². The predicted molar refractivity (Wildman–Crippen MR) is 122 cm³/mol. The molecule has 8 nitrogen and oxygen atoms in total. The van der Waals surface area contributed by atoms with Gasteiger partial charge in [-0.1, -0.05) is 6.08 Å². The van der Waals surface area contributed by atoms with Crippen LogP contribution in [-0.4, -0.2) is 33.1 Å². The van der Waals surface area contributed by atoms with E-state index in [2.05, 4.69) is 21.9 Å². The molecule has 2 aromatic heterocycles. The van der Waals surface area contributed by atoms with E-state index in [1.807, 2.05) is 0 Å². The third kappa shape index (κ3) is 5.18. The minimum Gasteiger partial charge on any atom is -0.491 e. The number of rotatable bonds is 8. The molecule has 2 heterocycles. The Hall–Kier alpha value is -4.54. The molecule has 4 aromatic rings. The number of fused-ring (bicyclic) bond motifs is 1. The molecule has 180 valence electrons. The first-order chi connectivity index (χ1) is 16.7. The third-order valence-electron chi connectivity index (χ3n) is 5.18. The molecule has 0 unspecified atom stereocenters. The molecule has 4 rings (SSSR count). The van der Waals surface area contributed by atoms with Crippen molar-refractivity contribution in [3.05, 3.63) is 111 Å². The van der Waals surface area contributed by atoms with Gasteiger partial charge in [0.1, 0.15) is 17.9 Å². The summed E-state index contributed by atoms with van der Waals surface area (Å²) >= 11 is 0. The van der Waals surface area contributed by atoms with Gasteiger partial charge >= 0.3 is 5.69 Å². The van der Waals surface area contributed by atoms with E-state index in [1.165, 1.54) is 24.4 Å². The van der Waals surface area contributed by atoms with Gasteiger partial charge in [0.25, 0.3) is 11.5 Å². The fraction of sp³-hybridized carbons (Fsp3) is 0.125. The lowest BCUT2D eigenvalue weighted by Gasteiger charge is -2.16. The number of halogens is 3. The van der Waals surface area contributed by atoms with Crippen LogP contribution in [0.25, 0.3) is 11.0 Å². The van der Waals surface area contributed by atoms with Crippen molar-refractivity contribution in [1.29, 1.82) is 0 Å². The summed E-state index contributed by atoms with van der Waals surface area (Å²) in [6, 6.07) is 8.55. The molecule has 0 aliphatic rings. The number of H-pyrrole nitrogens is 2. The molecule has 1 amide bonds. The largest absolute Gasteiger partial charge is 0.491 e. The molecule has 0 aliphatic carbocycles. The highest BCUT2D eigenvalue weighted by atomic mass is 19.2. The van der Waals surface area contributed by atoms with Crippen LogP contribution in [0.1, 0.15) is 15.9 Å². The number of hydrogen-bond acceptors (Lipinski definition) is 4. The van der Waals surface area contributed by atoms with E-state index in [9.17, 15) is 27.6 Å². The summed E-state index contributed by atoms with van der Waals surface area (Å²) in [6.07, 6.45) is 2.77. The first kappa shape index (κ1) is 23.6. The predicted octanol–water partition coefficient (Wildman–Crippen LogP) is 2.85. The smallest absolute Gasteiger partial charge is 0.323 e. The SMILES string of the molecule is C=C[C@H](COc1ccc2[nH]c(=O)[nH]c2c1)NC(=O)c1cccn(Cc2cc(F)c(F)c(F)c2)c1=O. The normalized spacial score (nSPS) is 11.9. The minimum atomic E-state index is -1.60. The maximum absolute atomic E-state index is 13.5. The first-order valence-corrected chi connectivity index (χ1v) is 10.4. The zero-order valence-corrected chi connectivity index (χ0v) is 18.1. The topological polar surface area (TPSA) is 109 Å². The van der Waals surface area contributed by atoms with Crippen LogP contribution in [0.4, 0.5) is 13.2 Å². The van der Waals surface area contributed by atoms with Crippen molar-refractivity contribution in [2.45, 2.75) is 12.6 Å². The Morgan fingerprint density at radius 2 is 1.80 bits per heavy atom. The molecule has 0 fully saturated rings. The Morgan fingerprint density at radius 3 is 2.51 bits per heavy atom. The lowest BCUT2D eigenvalue weighted by Crippen LogP contribution is -2.40. The van der Waals surface area contributed by atoms with Crippen molar-refractivity contribution in [3.63, 3.8) is 0 Å². The van der Waals surface area contributed by atoms with Crippen LogP contribution in [0, 0.1) is 17.5 Å². The van der Waals surface area contributed by atoms with E-state index in [-0.39, 0.29) is 30.0 Å². The number of ether oxygens (including phenoxy) is 1. The van der Waals surface area contributed by atoms with Gasteiger partial charge in [0.05, 0.1) is 23.6 Å². The van der Waals surface area contributed by atoms with Crippen LogP contribution in [-0.2, 0) is 6.54 Å². The number of amides is 1. The fourth-order valence-corrected chi connectivity index (χ4v) is 3.43. The molecule has 11 heteroatoms. The molecule has 0 saturated carbocycles. The van der Waals surface area contributed by atoms with Gasteiger partial charge in [-0.2, -0.15) is 0 Å². The average Bonchev–Trinajstić information content (AvgIpc) is 3.20. The fourth-order valence-electron chi connectivity index (χ4n) is 3.43. The van der Waals surface area contributed by atoms with E-state index in [0.717, 1.165) is 16.7 Å². The van der Waals surface area contributed by atoms with Gasteiger partial charge in [0.2, 0.25) is 0 Å². The molecular formula is C24H19F3N4O4. The van der Waals surface area contributed by atoms with Gasteiger partial charge in [-0.3, -0.25) is 9.59 Å². The third-order valence-corrected chi connectivity index (χ3v) is 5.18. The number of imidazole rings is 1. The van der Waals surface area contributed by atoms with Crippen LogP contribution in [0.5, 0.6) is 5.75 Å². The van der Waals surface area contributed by atoms with E-state index in [0.29, 0.717) is 16.8 Å². The van der Waals surface area contributed by atoms with Crippen LogP contribution in [0.3, 0.4) is 0 Å². The van der Waals surface area contributed by atoms with Crippen molar-refractivity contribution >= 4 is 16.9 Å². The van der Waals surface area contributed by atoms with Crippen LogP contribution >= 0.6 is 0 Å². The van der Waals surface area contributed by atoms with Gasteiger partial charge < -0.3 is 24.6 Å². The Balaban J connectivity index is 1.45. The highest BCUT2D eigenvalue weighted by molar-refractivity contribution is 5.94. The van der Waals surface area contributed by atoms with Crippen molar-refractivity contribution in [3.8, 4) is 5.75 Å². The van der Waals surface area contributed by atoms with Gasteiger partial charge in [0.15, 0.2) is 17.5 Å². The number of carbonyl (C=O) groups is 1. The first-order valence-electron chi connectivity index (χ1n) is 10.4. The quantitative estimate of drug-likeness (QED) is 0.264. The van der Waals surface area contributed by atoms with E-state index in [4.69, 9.17) is 4.74 Å². The minimum absolute atomic E-state index is 0.00937. The Labute approximate surface area is 195 Å². The van der Waals surface area contributed by atoms with E-state index < -0.39 is 35.0 Å². The van der Waals surface area contributed by atoms with E-state index in [1.54, 1.807) is 18.2 Å². The zero-order valence-electron chi connectivity index (χ0n) is 18.1. The van der Waals surface area contributed by atoms with Crippen LogP contribution < -0.4 is 21.3 Å². The molecule has 0 aliphatic heterocycles. The number of benzene rings is 2. The Bertz CT molecular complexity index is 1520. The standard InChI is InChI=1S/C24H19F3N4O4/c1-2-14(12-35-15-5-6-19-20(10-15)30-24(34)29-19)28-22(32)16-4-3-7-31(23(16)33)11-13-8-17(25)21(27)18(26)9-13/h2-10,14H,1,11-12H2,(H,28,32)(H2,29,30,34)/t14-/m1/s1. The molecule has 1 atom stereocenters. The highest BCUT2D eigenvalue weighted by Crippen LogP contribution is 2.17.